The van der Waals surface area contributed by atoms with E-state index >= 15 is 0 Å². The summed E-state index contributed by atoms with van der Waals surface area (Å²) in [7, 11) is 0. The zero-order valence-corrected chi connectivity index (χ0v) is 12.1. The van der Waals surface area contributed by atoms with Crippen LogP contribution in [0.2, 0.25) is 0 Å². The lowest BCUT2D eigenvalue weighted by Gasteiger charge is -2.37. The summed E-state index contributed by atoms with van der Waals surface area (Å²) in [6.45, 7) is 11.2. The van der Waals surface area contributed by atoms with Gasteiger partial charge in [-0.3, -0.25) is 4.79 Å². The van der Waals surface area contributed by atoms with Gasteiger partial charge in [-0.05, 0) is 31.6 Å². The van der Waals surface area contributed by atoms with Gasteiger partial charge < -0.3 is 10.5 Å². The minimum Gasteiger partial charge on any atom is -0.466 e. The molecule has 0 radical (unpaired) electrons. The van der Waals surface area contributed by atoms with Crippen molar-refractivity contribution in [3.8, 4) is 0 Å². The predicted octanol–water partition coefficient (Wildman–Crippen LogP) is 2.98. The second-order valence-corrected chi connectivity index (χ2v) is 5.37. The molecule has 17 heavy (non-hydrogen) atoms. The van der Waals surface area contributed by atoms with Crippen LogP contribution in [0.5, 0.6) is 0 Å². The van der Waals surface area contributed by atoms with Crippen molar-refractivity contribution in [1.82, 2.24) is 0 Å². The molecule has 0 amide bonds. The van der Waals surface area contributed by atoms with E-state index in [1.807, 2.05) is 6.92 Å². The van der Waals surface area contributed by atoms with Crippen LogP contribution in [-0.4, -0.2) is 19.1 Å². The lowest BCUT2D eigenvalue weighted by molar-refractivity contribution is -0.159. The van der Waals surface area contributed by atoms with Gasteiger partial charge in [-0.15, -0.1) is 0 Å². The molecule has 0 bridgehead atoms. The van der Waals surface area contributed by atoms with Crippen LogP contribution >= 0.6 is 0 Å². The summed E-state index contributed by atoms with van der Waals surface area (Å²) >= 11 is 0. The van der Waals surface area contributed by atoms with Gasteiger partial charge in [-0.1, -0.05) is 34.1 Å². The summed E-state index contributed by atoms with van der Waals surface area (Å²) in [6, 6.07) is 0. The molecule has 0 aliphatic heterocycles. The van der Waals surface area contributed by atoms with E-state index in [2.05, 4.69) is 27.7 Å². The first kappa shape index (κ1) is 16.4. The van der Waals surface area contributed by atoms with Crippen molar-refractivity contribution in [3.63, 3.8) is 0 Å². The van der Waals surface area contributed by atoms with Gasteiger partial charge in [0.2, 0.25) is 0 Å². The fourth-order valence-corrected chi connectivity index (χ4v) is 2.57. The van der Waals surface area contributed by atoms with E-state index in [0.29, 0.717) is 19.1 Å². The molecule has 0 aromatic carbocycles. The Bertz CT molecular complexity index is 228. The third-order valence-electron chi connectivity index (χ3n) is 3.48. The highest BCUT2D eigenvalue weighted by Crippen LogP contribution is 2.37. The van der Waals surface area contributed by atoms with Crippen LogP contribution in [0.15, 0.2) is 0 Å². The molecule has 2 unspecified atom stereocenters. The molecular weight excluding hydrogens is 214 g/mol. The first-order chi connectivity index (χ1) is 7.94. The third-order valence-corrected chi connectivity index (χ3v) is 3.48. The van der Waals surface area contributed by atoms with E-state index in [4.69, 9.17) is 10.5 Å². The highest BCUT2D eigenvalue weighted by atomic mass is 16.5. The summed E-state index contributed by atoms with van der Waals surface area (Å²) in [5.41, 5.74) is 5.42. The van der Waals surface area contributed by atoms with Gasteiger partial charge in [0, 0.05) is 6.54 Å². The van der Waals surface area contributed by atoms with Gasteiger partial charge in [0.05, 0.1) is 12.0 Å². The molecular formula is C14H29NO2. The van der Waals surface area contributed by atoms with Crippen LogP contribution in [-0.2, 0) is 9.53 Å². The molecule has 0 aromatic heterocycles. The standard InChI is InChI=1S/C14H29NO2/c1-6-8-12(5)14(10-15,9-11(3)4)13(16)17-7-2/h11-12H,6-10,15H2,1-5H3. The van der Waals surface area contributed by atoms with Gasteiger partial charge in [-0.25, -0.2) is 0 Å². The Morgan fingerprint density at radius 3 is 2.24 bits per heavy atom. The van der Waals surface area contributed by atoms with Crippen molar-refractivity contribution in [2.45, 2.75) is 53.9 Å². The molecule has 0 heterocycles. The molecule has 0 fully saturated rings. The molecule has 2 atom stereocenters. The minimum absolute atomic E-state index is 0.114. The number of rotatable bonds is 8. The van der Waals surface area contributed by atoms with E-state index in [1.165, 1.54) is 0 Å². The topological polar surface area (TPSA) is 52.3 Å². The van der Waals surface area contributed by atoms with E-state index < -0.39 is 5.41 Å². The Morgan fingerprint density at radius 2 is 1.88 bits per heavy atom. The average Bonchev–Trinajstić information content (AvgIpc) is 2.26. The van der Waals surface area contributed by atoms with Gasteiger partial charge in [0.25, 0.3) is 0 Å². The number of hydrogen-bond donors (Lipinski definition) is 1. The molecule has 0 aliphatic carbocycles. The molecule has 0 aromatic rings. The number of esters is 1. The van der Waals surface area contributed by atoms with Crippen LogP contribution in [0.1, 0.15) is 53.9 Å². The van der Waals surface area contributed by atoms with Gasteiger partial charge >= 0.3 is 5.97 Å². The molecule has 0 aliphatic rings. The maximum absolute atomic E-state index is 12.2. The number of carbonyl (C=O) groups is 1. The molecule has 102 valence electrons. The van der Waals surface area contributed by atoms with Gasteiger partial charge in [0.1, 0.15) is 0 Å². The SMILES string of the molecule is CCCC(C)C(CN)(CC(C)C)C(=O)OCC. The van der Waals surface area contributed by atoms with Crippen LogP contribution in [0.25, 0.3) is 0 Å². The van der Waals surface area contributed by atoms with Crippen molar-refractivity contribution in [1.29, 1.82) is 0 Å². The zero-order chi connectivity index (χ0) is 13.5. The second-order valence-electron chi connectivity index (χ2n) is 5.37. The highest BCUT2D eigenvalue weighted by molar-refractivity contribution is 5.77. The number of ether oxygens (including phenoxy) is 1. The number of carbonyl (C=O) groups excluding carboxylic acids is 1. The highest BCUT2D eigenvalue weighted by Gasteiger charge is 2.43. The maximum Gasteiger partial charge on any atom is 0.313 e. The fourth-order valence-electron chi connectivity index (χ4n) is 2.57. The summed E-state index contributed by atoms with van der Waals surface area (Å²) < 4.78 is 5.25. The Morgan fingerprint density at radius 1 is 1.29 bits per heavy atom. The van der Waals surface area contributed by atoms with Crippen LogP contribution < -0.4 is 5.73 Å². The van der Waals surface area contributed by atoms with Crippen molar-refractivity contribution >= 4 is 5.97 Å². The molecule has 0 spiro atoms. The normalized spacial score (nSPS) is 16.6. The molecule has 3 heteroatoms. The Kier molecular flexibility index (Phi) is 7.44. The maximum atomic E-state index is 12.2. The van der Waals surface area contributed by atoms with E-state index in [9.17, 15) is 4.79 Å². The van der Waals surface area contributed by atoms with Gasteiger partial charge in [-0.2, -0.15) is 0 Å². The van der Waals surface area contributed by atoms with E-state index in [-0.39, 0.29) is 11.9 Å². The number of nitrogens with two attached hydrogens (primary N) is 1. The van der Waals surface area contributed by atoms with Crippen molar-refractivity contribution in [3.05, 3.63) is 0 Å². The quantitative estimate of drug-likeness (QED) is 0.667. The minimum atomic E-state index is -0.500. The smallest absolute Gasteiger partial charge is 0.313 e. The summed E-state index contributed by atoms with van der Waals surface area (Å²) in [4.78, 5) is 12.2. The van der Waals surface area contributed by atoms with E-state index in [1.54, 1.807) is 0 Å². The number of hydrogen-bond acceptors (Lipinski definition) is 3. The fraction of sp³-hybridized carbons (Fsp3) is 0.929. The second kappa shape index (κ2) is 7.70. The Hall–Kier alpha value is -0.570. The first-order valence-electron chi connectivity index (χ1n) is 6.81. The van der Waals surface area contributed by atoms with Crippen LogP contribution in [0.3, 0.4) is 0 Å². The van der Waals surface area contributed by atoms with Crippen molar-refractivity contribution < 1.29 is 9.53 Å². The van der Waals surface area contributed by atoms with Crippen molar-refractivity contribution in [2.75, 3.05) is 13.2 Å². The Balaban J connectivity index is 5.05. The Labute approximate surface area is 106 Å². The molecule has 0 rings (SSSR count). The summed E-state index contributed by atoms with van der Waals surface area (Å²) in [5.74, 6) is 0.610. The molecule has 0 saturated heterocycles. The lowest BCUT2D eigenvalue weighted by atomic mass is 9.69. The largest absolute Gasteiger partial charge is 0.466 e. The third kappa shape index (κ3) is 4.30. The van der Waals surface area contributed by atoms with Crippen molar-refractivity contribution in [2.24, 2.45) is 23.0 Å². The van der Waals surface area contributed by atoms with Crippen LogP contribution in [0, 0.1) is 17.3 Å². The monoisotopic (exact) mass is 243 g/mol. The molecule has 0 saturated carbocycles. The van der Waals surface area contributed by atoms with E-state index in [0.717, 1.165) is 19.3 Å². The molecule has 3 nitrogen and oxygen atoms in total. The first-order valence-corrected chi connectivity index (χ1v) is 6.81. The average molecular weight is 243 g/mol. The zero-order valence-electron chi connectivity index (χ0n) is 12.1. The molecule has 2 N–H and O–H groups in total. The van der Waals surface area contributed by atoms with Crippen LogP contribution in [0.4, 0.5) is 0 Å². The van der Waals surface area contributed by atoms with Gasteiger partial charge in [0.15, 0.2) is 0 Å². The summed E-state index contributed by atoms with van der Waals surface area (Å²) in [6.07, 6.45) is 2.90. The lowest BCUT2D eigenvalue weighted by Crippen LogP contribution is -2.46. The predicted molar refractivity (Wildman–Crippen MR) is 71.6 cm³/mol. The summed E-state index contributed by atoms with van der Waals surface area (Å²) in [5, 5.41) is 0.